The molecule has 4 aliphatic rings. The monoisotopic (exact) mass is 871 g/mol. The Bertz CT molecular complexity index is 3230. The second-order valence-electron chi connectivity index (χ2n) is 19.6. The number of anilines is 8. The van der Waals surface area contributed by atoms with Crippen LogP contribution in [0.25, 0.3) is 16.7 Å². The summed E-state index contributed by atoms with van der Waals surface area (Å²) in [6.07, 6.45) is 4.49. The maximum atomic E-state index is 5.74. The standard InChI is InChI=1S/C62H53N3S/c1-60(2)51-26-16-15-25-49(51)50-35-34-47(38-53(50)60)63(43-19-9-6-10-20-43)46-32-29-41(30-33-46)42-31-36-58-54(37-42)62(5,66)56-40-48(64(44-21-11-7-12-22-44)45-23-13-8-14-24-45)39-55-59(56)65(58)57-28-18-17-27-52(57)61(55,3)4/h6-33,36-40,66H,34-35H2,1-5H3. The van der Waals surface area contributed by atoms with E-state index in [2.05, 4.69) is 250 Å². The second-order valence-corrected chi connectivity index (χ2v) is 20.5. The van der Waals surface area contributed by atoms with E-state index < -0.39 is 4.75 Å². The van der Waals surface area contributed by atoms with Crippen molar-refractivity contribution in [2.24, 2.45) is 0 Å². The Kier molecular flexibility index (Phi) is 9.21. The molecule has 0 N–H and O–H groups in total. The van der Waals surface area contributed by atoms with Crippen LogP contribution >= 0.6 is 12.6 Å². The Morgan fingerprint density at radius 1 is 0.424 bits per heavy atom. The normalized spacial score (nSPS) is 18.0. The second kappa shape index (κ2) is 15.0. The zero-order valence-corrected chi connectivity index (χ0v) is 39.2. The van der Waals surface area contributed by atoms with Crippen LogP contribution in [0.1, 0.15) is 80.8 Å². The van der Waals surface area contributed by atoms with E-state index in [1.807, 2.05) is 0 Å². The van der Waals surface area contributed by atoms with Crippen molar-refractivity contribution in [2.45, 2.75) is 63.0 Å². The van der Waals surface area contributed by atoms with Gasteiger partial charge in [0.2, 0.25) is 0 Å². The lowest BCUT2D eigenvalue weighted by molar-refractivity contribution is 0.625. The topological polar surface area (TPSA) is 9.72 Å². The minimum atomic E-state index is -0.623. The quantitative estimate of drug-likeness (QED) is 0.160. The summed E-state index contributed by atoms with van der Waals surface area (Å²) in [5.41, 5.74) is 23.5. The van der Waals surface area contributed by atoms with Crippen LogP contribution in [0.5, 0.6) is 0 Å². The number of hydrogen-bond donors (Lipinski definition) is 1. The van der Waals surface area contributed by atoms with Crippen LogP contribution < -0.4 is 14.7 Å². The van der Waals surface area contributed by atoms with Crippen molar-refractivity contribution in [2.75, 3.05) is 14.7 Å². The summed E-state index contributed by atoms with van der Waals surface area (Å²) in [5.74, 6) is 0. The van der Waals surface area contributed by atoms with Gasteiger partial charge in [0.1, 0.15) is 0 Å². The molecule has 322 valence electrons. The summed E-state index contributed by atoms with van der Waals surface area (Å²) in [4.78, 5) is 7.38. The minimum absolute atomic E-state index is 0.0446. The van der Waals surface area contributed by atoms with Gasteiger partial charge in [0.25, 0.3) is 0 Å². The van der Waals surface area contributed by atoms with Crippen LogP contribution in [0, 0.1) is 0 Å². The fourth-order valence-electron chi connectivity index (χ4n) is 11.6. The van der Waals surface area contributed by atoms with Gasteiger partial charge in [0.05, 0.1) is 21.8 Å². The van der Waals surface area contributed by atoms with E-state index in [0.717, 1.165) is 35.6 Å². The van der Waals surface area contributed by atoms with Crippen molar-refractivity contribution < 1.29 is 0 Å². The first-order valence-electron chi connectivity index (χ1n) is 23.4. The largest absolute Gasteiger partial charge is 0.314 e. The Hall–Kier alpha value is -7.01. The molecule has 3 nitrogen and oxygen atoms in total. The van der Waals surface area contributed by atoms with Gasteiger partial charge in [-0.15, -0.1) is 0 Å². The van der Waals surface area contributed by atoms with Gasteiger partial charge in [-0.25, -0.2) is 0 Å². The average Bonchev–Trinajstić information content (AvgIpc) is 3.58. The van der Waals surface area contributed by atoms with Crippen molar-refractivity contribution in [1.82, 2.24) is 0 Å². The number of nitrogens with zero attached hydrogens (tertiary/aromatic N) is 3. The summed E-state index contributed by atoms with van der Waals surface area (Å²) in [5, 5.41) is 0. The number of rotatable bonds is 7. The van der Waals surface area contributed by atoms with Gasteiger partial charge in [-0.3, -0.25) is 0 Å². The van der Waals surface area contributed by atoms with Crippen molar-refractivity contribution >= 4 is 63.7 Å². The van der Waals surface area contributed by atoms with Gasteiger partial charge < -0.3 is 14.7 Å². The predicted molar refractivity (Wildman–Crippen MR) is 281 cm³/mol. The zero-order chi connectivity index (χ0) is 45.0. The molecule has 0 radical (unpaired) electrons. The minimum Gasteiger partial charge on any atom is -0.314 e. The van der Waals surface area contributed by atoms with E-state index >= 15 is 0 Å². The van der Waals surface area contributed by atoms with Crippen LogP contribution in [0.15, 0.2) is 211 Å². The number of thiol groups is 1. The highest BCUT2D eigenvalue weighted by molar-refractivity contribution is 7.81. The van der Waals surface area contributed by atoms with E-state index in [9.17, 15) is 0 Å². The summed E-state index contributed by atoms with van der Waals surface area (Å²) >= 11 is 5.74. The molecule has 2 aliphatic heterocycles. The van der Waals surface area contributed by atoms with Gasteiger partial charge in [-0.05, 0) is 160 Å². The lowest BCUT2D eigenvalue weighted by atomic mass is 9.69. The van der Waals surface area contributed by atoms with Gasteiger partial charge in [-0.2, -0.15) is 12.6 Å². The number of fused-ring (bicyclic) bond motifs is 6. The van der Waals surface area contributed by atoms with Gasteiger partial charge >= 0.3 is 0 Å². The van der Waals surface area contributed by atoms with Gasteiger partial charge in [-0.1, -0.05) is 143 Å². The molecular formula is C62H53N3S. The molecule has 0 spiro atoms. The number of benzene rings is 8. The molecule has 1 unspecified atom stereocenters. The maximum absolute atomic E-state index is 5.74. The fraction of sp³-hybridized carbons (Fsp3) is 0.161. The first kappa shape index (κ1) is 40.5. The molecule has 2 aliphatic carbocycles. The predicted octanol–water partition coefficient (Wildman–Crippen LogP) is 17.0. The molecule has 1 atom stereocenters. The molecule has 0 saturated heterocycles. The lowest BCUT2D eigenvalue weighted by Crippen LogP contribution is -2.37. The Morgan fingerprint density at radius 2 is 0.955 bits per heavy atom. The molecular weight excluding hydrogens is 819 g/mol. The average molecular weight is 872 g/mol. The smallest absolute Gasteiger partial charge is 0.0640 e. The molecule has 4 heteroatoms. The van der Waals surface area contributed by atoms with Crippen LogP contribution in [0.3, 0.4) is 0 Å². The first-order valence-corrected chi connectivity index (χ1v) is 23.8. The molecule has 0 saturated carbocycles. The fourth-order valence-corrected chi connectivity index (χ4v) is 12.0. The van der Waals surface area contributed by atoms with Crippen molar-refractivity contribution in [3.8, 4) is 11.1 Å². The van der Waals surface area contributed by atoms with Crippen molar-refractivity contribution in [1.29, 1.82) is 0 Å². The summed E-state index contributed by atoms with van der Waals surface area (Å²) < 4.78 is -0.623. The molecule has 2 heterocycles. The Morgan fingerprint density at radius 3 is 1.62 bits per heavy atom. The highest BCUT2D eigenvalue weighted by atomic mass is 32.1. The first-order chi connectivity index (χ1) is 32.0. The van der Waals surface area contributed by atoms with E-state index in [-0.39, 0.29) is 10.8 Å². The Balaban J connectivity index is 0.974. The van der Waals surface area contributed by atoms with Crippen molar-refractivity contribution in [3.63, 3.8) is 0 Å². The van der Waals surface area contributed by atoms with Crippen molar-refractivity contribution in [3.05, 3.63) is 245 Å². The number of allylic oxidation sites excluding steroid dienone is 4. The summed E-state index contributed by atoms with van der Waals surface area (Å²) in [6.45, 7) is 11.8. The molecule has 8 aromatic rings. The van der Waals surface area contributed by atoms with Crippen LogP contribution in [0.4, 0.5) is 45.5 Å². The van der Waals surface area contributed by atoms with E-state index in [4.69, 9.17) is 12.6 Å². The highest BCUT2D eigenvalue weighted by Gasteiger charge is 2.47. The number of para-hydroxylation sites is 4. The zero-order valence-electron chi connectivity index (χ0n) is 38.3. The molecule has 0 bridgehead atoms. The van der Waals surface area contributed by atoms with Crippen LogP contribution in [0.2, 0.25) is 0 Å². The molecule has 0 amide bonds. The molecule has 0 fully saturated rings. The van der Waals surface area contributed by atoms with Crippen LogP contribution in [-0.2, 0) is 15.6 Å². The maximum Gasteiger partial charge on any atom is 0.0640 e. The third kappa shape index (κ3) is 6.11. The molecule has 8 aromatic carbocycles. The van der Waals surface area contributed by atoms with Crippen LogP contribution in [-0.4, -0.2) is 0 Å². The van der Waals surface area contributed by atoms with E-state index in [1.165, 1.54) is 84.1 Å². The molecule has 12 rings (SSSR count). The summed E-state index contributed by atoms with van der Waals surface area (Å²) in [6, 6.07) is 71.4. The Labute approximate surface area is 395 Å². The van der Waals surface area contributed by atoms with Gasteiger partial charge in [0.15, 0.2) is 0 Å². The lowest BCUT2D eigenvalue weighted by Gasteiger charge is -2.49. The third-order valence-electron chi connectivity index (χ3n) is 15.0. The molecule has 66 heavy (non-hydrogen) atoms. The van der Waals surface area contributed by atoms with E-state index in [1.54, 1.807) is 0 Å². The molecule has 0 aromatic heterocycles. The SMILES string of the molecule is CC1(C)C2=C(CCC(N(c3ccccc3)c3ccc(-c4ccc5c(c4)C(C)(S)c4cc(N(c6ccccc6)c6ccccc6)cc6c4N5c4ccccc4C6(C)C)cc3)=C2)c2ccccc21. The van der Waals surface area contributed by atoms with Gasteiger partial charge in [0, 0.05) is 45.0 Å². The number of hydrogen-bond acceptors (Lipinski definition) is 4. The highest BCUT2D eigenvalue weighted by Crippen LogP contribution is 2.62. The third-order valence-corrected chi connectivity index (χ3v) is 15.5. The summed E-state index contributed by atoms with van der Waals surface area (Å²) in [7, 11) is 0. The van der Waals surface area contributed by atoms with E-state index in [0.29, 0.717) is 0 Å².